The summed E-state index contributed by atoms with van der Waals surface area (Å²) in [6, 6.07) is 20.4. The van der Waals surface area contributed by atoms with Crippen molar-refractivity contribution < 1.29 is 14.3 Å². The summed E-state index contributed by atoms with van der Waals surface area (Å²) in [5, 5.41) is 0. The second-order valence-corrected chi connectivity index (χ2v) is 5.87. The quantitative estimate of drug-likeness (QED) is 0.500. The van der Waals surface area contributed by atoms with Crippen LogP contribution in [-0.4, -0.2) is 23.0 Å². The Morgan fingerprint density at radius 3 is 2.33 bits per heavy atom. The molecule has 0 spiro atoms. The van der Waals surface area contributed by atoms with Crippen molar-refractivity contribution in [1.29, 1.82) is 0 Å². The second-order valence-electron chi connectivity index (χ2n) is 5.87. The average Bonchev–Trinajstić information content (AvgIpc) is 3.25. The van der Waals surface area contributed by atoms with Crippen LogP contribution in [0.5, 0.6) is 5.75 Å². The highest BCUT2D eigenvalue weighted by molar-refractivity contribution is 5.98. The van der Waals surface area contributed by atoms with E-state index >= 15 is 0 Å². The molecule has 3 aromatic rings. The van der Waals surface area contributed by atoms with E-state index in [1.54, 1.807) is 12.1 Å². The molecule has 0 fully saturated rings. The van der Waals surface area contributed by atoms with Crippen LogP contribution in [0, 0.1) is 0 Å². The third-order valence-electron chi connectivity index (χ3n) is 3.91. The van der Waals surface area contributed by atoms with Crippen molar-refractivity contribution >= 4 is 11.8 Å². The molecule has 0 aliphatic rings. The third kappa shape index (κ3) is 5.22. The lowest BCUT2D eigenvalue weighted by Crippen LogP contribution is -2.42. The van der Waals surface area contributed by atoms with Gasteiger partial charge in [-0.05, 0) is 42.8 Å². The lowest BCUT2D eigenvalue weighted by Gasteiger charge is -2.12. The summed E-state index contributed by atoms with van der Waals surface area (Å²) in [6.45, 7) is 0.432. The first-order chi connectivity index (χ1) is 13.2. The fraction of sp³-hybridized carbons (Fsp3) is 0.143. The van der Waals surface area contributed by atoms with Gasteiger partial charge in [0.25, 0.3) is 5.91 Å². The smallest absolute Gasteiger partial charge is 0.271 e. The summed E-state index contributed by atoms with van der Waals surface area (Å²) >= 11 is 0. The minimum atomic E-state index is -0.367. The van der Waals surface area contributed by atoms with Gasteiger partial charge >= 0.3 is 0 Å². The number of carbonyl (C=O) groups is 2. The van der Waals surface area contributed by atoms with Crippen molar-refractivity contribution in [2.45, 2.75) is 12.8 Å². The van der Waals surface area contributed by atoms with E-state index in [4.69, 9.17) is 4.74 Å². The normalized spacial score (nSPS) is 10.2. The molecule has 0 radical (unpaired) electrons. The van der Waals surface area contributed by atoms with E-state index in [1.165, 1.54) is 0 Å². The van der Waals surface area contributed by atoms with Crippen LogP contribution in [0.4, 0.5) is 0 Å². The van der Waals surface area contributed by atoms with Gasteiger partial charge in [0.05, 0.1) is 17.9 Å². The molecule has 0 saturated heterocycles. The highest BCUT2D eigenvalue weighted by Crippen LogP contribution is 2.14. The van der Waals surface area contributed by atoms with Gasteiger partial charge < -0.3 is 9.30 Å². The van der Waals surface area contributed by atoms with Gasteiger partial charge in [-0.3, -0.25) is 20.4 Å². The summed E-state index contributed by atoms with van der Waals surface area (Å²) < 4.78 is 7.38. The summed E-state index contributed by atoms with van der Waals surface area (Å²) in [4.78, 5) is 24.3. The van der Waals surface area contributed by atoms with Crippen molar-refractivity contribution in [1.82, 2.24) is 15.4 Å². The van der Waals surface area contributed by atoms with Gasteiger partial charge in [-0.1, -0.05) is 30.3 Å². The van der Waals surface area contributed by atoms with E-state index < -0.39 is 0 Å². The van der Waals surface area contributed by atoms with Crippen LogP contribution in [-0.2, 0) is 4.79 Å². The third-order valence-corrected chi connectivity index (χ3v) is 3.91. The minimum Gasteiger partial charge on any atom is -0.494 e. The summed E-state index contributed by atoms with van der Waals surface area (Å²) in [6.07, 6.45) is 4.53. The van der Waals surface area contributed by atoms with Crippen LogP contribution < -0.4 is 15.6 Å². The number of carbonyl (C=O) groups excluding carboxylic acids is 2. The van der Waals surface area contributed by atoms with Crippen molar-refractivity contribution in [3.8, 4) is 11.4 Å². The van der Waals surface area contributed by atoms with E-state index in [9.17, 15) is 9.59 Å². The molecular weight excluding hydrogens is 342 g/mol. The van der Waals surface area contributed by atoms with E-state index in [0.717, 1.165) is 11.4 Å². The Hall–Kier alpha value is -3.54. The molecule has 27 heavy (non-hydrogen) atoms. The zero-order valence-electron chi connectivity index (χ0n) is 14.8. The number of hydrazine groups is 1. The highest BCUT2D eigenvalue weighted by atomic mass is 16.5. The monoisotopic (exact) mass is 363 g/mol. The van der Waals surface area contributed by atoms with Gasteiger partial charge in [0, 0.05) is 18.8 Å². The number of aromatic nitrogens is 1. The molecule has 0 aliphatic carbocycles. The van der Waals surface area contributed by atoms with Gasteiger partial charge in [0.1, 0.15) is 5.75 Å². The Balaban J connectivity index is 1.45. The Morgan fingerprint density at radius 1 is 0.852 bits per heavy atom. The molecule has 2 N–H and O–H groups in total. The van der Waals surface area contributed by atoms with Crippen molar-refractivity contribution in [2.24, 2.45) is 0 Å². The second kappa shape index (κ2) is 9.24. The highest BCUT2D eigenvalue weighted by Gasteiger charge is 2.12. The lowest BCUT2D eigenvalue weighted by molar-refractivity contribution is -0.122. The molecular formula is C21H21N3O3. The summed E-state index contributed by atoms with van der Waals surface area (Å²) in [7, 11) is 0. The maximum atomic E-state index is 12.4. The minimum absolute atomic E-state index is 0.256. The molecule has 1 heterocycles. The van der Waals surface area contributed by atoms with Crippen LogP contribution in [0.3, 0.4) is 0 Å². The molecule has 0 unspecified atom stereocenters. The van der Waals surface area contributed by atoms with E-state index in [-0.39, 0.29) is 18.2 Å². The Labute approximate surface area is 157 Å². The van der Waals surface area contributed by atoms with E-state index in [1.807, 2.05) is 71.6 Å². The number of nitrogens with zero attached hydrogens (tertiary/aromatic N) is 1. The fourth-order valence-electron chi connectivity index (χ4n) is 2.58. The number of para-hydroxylation sites is 2. The average molecular weight is 363 g/mol. The van der Waals surface area contributed by atoms with Crippen LogP contribution in [0.1, 0.15) is 23.2 Å². The maximum absolute atomic E-state index is 12.4. The van der Waals surface area contributed by atoms with Crippen molar-refractivity contribution in [2.75, 3.05) is 6.61 Å². The van der Waals surface area contributed by atoms with Crippen LogP contribution >= 0.6 is 0 Å². The zero-order valence-corrected chi connectivity index (χ0v) is 14.8. The van der Waals surface area contributed by atoms with Gasteiger partial charge in [0.15, 0.2) is 0 Å². The number of hydrogen-bond donors (Lipinski definition) is 2. The SMILES string of the molecule is O=C(CCCOc1ccccc1)NNC(=O)c1ccccc1-n1cccc1. The predicted octanol–water partition coefficient (Wildman–Crippen LogP) is 3.10. The first-order valence-corrected chi connectivity index (χ1v) is 8.73. The number of hydrogen-bond acceptors (Lipinski definition) is 3. The molecule has 1 aromatic heterocycles. The largest absolute Gasteiger partial charge is 0.494 e. The van der Waals surface area contributed by atoms with Gasteiger partial charge in [0.2, 0.25) is 5.91 Å². The first kappa shape index (κ1) is 18.3. The lowest BCUT2D eigenvalue weighted by atomic mass is 10.1. The molecule has 0 aliphatic heterocycles. The van der Waals surface area contributed by atoms with Crippen LogP contribution in [0.2, 0.25) is 0 Å². The van der Waals surface area contributed by atoms with Gasteiger partial charge in [-0.15, -0.1) is 0 Å². The van der Waals surface area contributed by atoms with Crippen molar-refractivity contribution in [3.05, 3.63) is 84.7 Å². The molecule has 2 amide bonds. The van der Waals surface area contributed by atoms with Gasteiger partial charge in [-0.25, -0.2) is 0 Å². The Kier molecular flexibility index (Phi) is 6.25. The van der Waals surface area contributed by atoms with Gasteiger partial charge in [-0.2, -0.15) is 0 Å². The molecule has 6 nitrogen and oxygen atoms in total. The summed E-state index contributed by atoms with van der Waals surface area (Å²) in [5.41, 5.74) is 6.13. The molecule has 0 atom stereocenters. The topological polar surface area (TPSA) is 72.4 Å². The fourth-order valence-corrected chi connectivity index (χ4v) is 2.58. The Morgan fingerprint density at radius 2 is 1.56 bits per heavy atom. The summed E-state index contributed by atoms with van der Waals surface area (Å²) in [5.74, 6) is 0.138. The van der Waals surface area contributed by atoms with E-state index in [2.05, 4.69) is 10.9 Å². The molecule has 6 heteroatoms. The number of nitrogens with one attached hydrogen (secondary N) is 2. The number of ether oxygens (including phenoxy) is 1. The van der Waals surface area contributed by atoms with Crippen LogP contribution in [0.25, 0.3) is 5.69 Å². The van der Waals surface area contributed by atoms with Crippen LogP contribution in [0.15, 0.2) is 79.1 Å². The maximum Gasteiger partial charge on any atom is 0.271 e. The van der Waals surface area contributed by atoms with Crippen molar-refractivity contribution in [3.63, 3.8) is 0 Å². The van der Waals surface area contributed by atoms with E-state index in [0.29, 0.717) is 18.6 Å². The number of rotatable bonds is 7. The Bertz CT molecular complexity index is 877. The first-order valence-electron chi connectivity index (χ1n) is 8.73. The number of benzene rings is 2. The molecule has 0 bridgehead atoms. The molecule has 2 aromatic carbocycles. The molecule has 3 rings (SSSR count). The molecule has 0 saturated carbocycles. The number of amides is 2. The predicted molar refractivity (Wildman–Crippen MR) is 103 cm³/mol. The zero-order chi connectivity index (χ0) is 18.9. The standard InChI is InChI=1S/C21H21N3O3/c25-20(13-8-16-27-17-9-2-1-3-10-17)22-23-21(26)18-11-4-5-12-19(18)24-14-6-7-15-24/h1-7,9-12,14-15H,8,13,16H2,(H,22,25)(H,23,26). The molecule has 138 valence electrons.